The predicted molar refractivity (Wildman–Crippen MR) is 49.9 cm³/mol. The molecule has 1 saturated heterocycles. The molecule has 0 aromatic rings. The average Bonchev–Trinajstić information content (AvgIpc) is 2.35. The van der Waals surface area contributed by atoms with Gasteiger partial charge in [-0.15, -0.1) is 0 Å². The normalized spacial score (nSPS) is 34.0. The highest BCUT2D eigenvalue weighted by Crippen LogP contribution is 2.22. The van der Waals surface area contributed by atoms with Gasteiger partial charge in [-0.1, -0.05) is 0 Å². The molecule has 0 aliphatic carbocycles. The number of β-amino-alcohol motifs (C(OH)–C–C–N with tert-alkyl or cyclic N) is 1. The van der Waals surface area contributed by atoms with Crippen LogP contribution < -0.4 is 5.73 Å². The number of hydrogen-bond donors (Lipinski definition) is 2. The van der Waals surface area contributed by atoms with Gasteiger partial charge in [0.1, 0.15) is 0 Å². The van der Waals surface area contributed by atoms with E-state index < -0.39 is 0 Å². The van der Waals surface area contributed by atoms with Crippen molar-refractivity contribution in [3.8, 4) is 0 Å². The first-order valence-corrected chi connectivity index (χ1v) is 4.79. The van der Waals surface area contributed by atoms with E-state index in [2.05, 4.69) is 18.7 Å². The molecule has 72 valence electrons. The van der Waals surface area contributed by atoms with Crippen LogP contribution in [0.1, 0.15) is 26.7 Å². The first-order valence-electron chi connectivity index (χ1n) is 4.79. The number of nitrogens with zero attached hydrogens (tertiary/aromatic N) is 1. The molecule has 0 aromatic carbocycles. The third-order valence-electron chi connectivity index (χ3n) is 2.83. The molecule has 0 bridgehead atoms. The van der Waals surface area contributed by atoms with Crippen LogP contribution in [0.2, 0.25) is 0 Å². The lowest BCUT2D eigenvalue weighted by atomic mass is 10.2. The minimum absolute atomic E-state index is 0.354. The van der Waals surface area contributed by atoms with Crippen molar-refractivity contribution >= 4 is 0 Å². The maximum Gasteiger partial charge on any atom is 0.0789 e. The fourth-order valence-electron chi connectivity index (χ4n) is 1.93. The summed E-state index contributed by atoms with van der Waals surface area (Å²) < 4.78 is 0. The molecule has 1 rings (SSSR count). The summed E-state index contributed by atoms with van der Waals surface area (Å²) in [7, 11) is 0. The van der Waals surface area contributed by atoms with Crippen LogP contribution in [-0.4, -0.2) is 41.3 Å². The molecule has 3 atom stereocenters. The Hall–Kier alpha value is -0.120. The number of nitrogens with two attached hydrogens (primary N) is 1. The Kier molecular flexibility index (Phi) is 3.50. The molecule has 0 saturated carbocycles. The monoisotopic (exact) mass is 172 g/mol. The second kappa shape index (κ2) is 4.21. The van der Waals surface area contributed by atoms with Crippen LogP contribution >= 0.6 is 0 Å². The van der Waals surface area contributed by atoms with Crippen molar-refractivity contribution < 1.29 is 5.11 Å². The van der Waals surface area contributed by atoms with E-state index in [1.165, 1.54) is 12.8 Å². The Balaban J connectivity index is 2.38. The summed E-state index contributed by atoms with van der Waals surface area (Å²) in [5.74, 6) is 0. The molecule has 1 heterocycles. The van der Waals surface area contributed by atoms with E-state index in [0.29, 0.717) is 18.6 Å². The molecule has 1 fully saturated rings. The summed E-state index contributed by atoms with van der Waals surface area (Å²) in [6.45, 7) is 5.54. The van der Waals surface area contributed by atoms with Crippen molar-refractivity contribution in [1.82, 2.24) is 4.90 Å². The van der Waals surface area contributed by atoms with E-state index in [0.717, 1.165) is 6.54 Å². The second-order valence-electron chi connectivity index (χ2n) is 3.86. The zero-order valence-electron chi connectivity index (χ0n) is 8.03. The zero-order chi connectivity index (χ0) is 9.14. The molecule has 3 nitrogen and oxygen atoms in total. The molecule has 0 amide bonds. The van der Waals surface area contributed by atoms with Crippen LogP contribution in [0.15, 0.2) is 0 Å². The number of aliphatic hydroxyl groups excluding tert-OH is 1. The van der Waals surface area contributed by atoms with Gasteiger partial charge in [-0.3, -0.25) is 4.90 Å². The van der Waals surface area contributed by atoms with Crippen LogP contribution in [0.5, 0.6) is 0 Å². The van der Waals surface area contributed by atoms with Gasteiger partial charge in [-0.05, 0) is 26.7 Å². The van der Waals surface area contributed by atoms with Crippen LogP contribution in [0.3, 0.4) is 0 Å². The molecule has 1 aliphatic rings. The maximum absolute atomic E-state index is 9.39. The summed E-state index contributed by atoms with van der Waals surface area (Å²) in [4.78, 5) is 2.34. The van der Waals surface area contributed by atoms with Crippen molar-refractivity contribution in [2.45, 2.75) is 44.9 Å². The zero-order valence-corrected chi connectivity index (χ0v) is 8.03. The summed E-state index contributed by atoms with van der Waals surface area (Å²) >= 11 is 0. The van der Waals surface area contributed by atoms with Crippen LogP contribution in [0.25, 0.3) is 0 Å². The van der Waals surface area contributed by atoms with Crippen LogP contribution in [0, 0.1) is 0 Å². The Labute approximate surface area is 74.5 Å². The van der Waals surface area contributed by atoms with Gasteiger partial charge in [-0.25, -0.2) is 0 Å². The van der Waals surface area contributed by atoms with Crippen LogP contribution in [-0.2, 0) is 0 Å². The molecule has 1 aliphatic heterocycles. The SMILES string of the molecule is CC1CCC(C)N1C[C@H](O)CN. The van der Waals surface area contributed by atoms with Crippen LogP contribution in [0.4, 0.5) is 0 Å². The average molecular weight is 172 g/mol. The Morgan fingerprint density at radius 1 is 1.42 bits per heavy atom. The van der Waals surface area contributed by atoms with E-state index in [1.54, 1.807) is 0 Å². The van der Waals surface area contributed by atoms with Gasteiger partial charge < -0.3 is 10.8 Å². The van der Waals surface area contributed by atoms with Gasteiger partial charge >= 0.3 is 0 Å². The van der Waals surface area contributed by atoms with E-state index in [4.69, 9.17) is 5.73 Å². The van der Waals surface area contributed by atoms with Crippen molar-refractivity contribution in [1.29, 1.82) is 0 Å². The second-order valence-corrected chi connectivity index (χ2v) is 3.86. The number of likely N-dealkylation sites (tertiary alicyclic amines) is 1. The molecule has 0 spiro atoms. The van der Waals surface area contributed by atoms with Crippen molar-refractivity contribution in [2.75, 3.05) is 13.1 Å². The Bertz CT molecular complexity index is 130. The van der Waals surface area contributed by atoms with E-state index in [-0.39, 0.29) is 6.10 Å². The maximum atomic E-state index is 9.39. The topological polar surface area (TPSA) is 49.5 Å². The minimum Gasteiger partial charge on any atom is -0.390 e. The molecule has 12 heavy (non-hydrogen) atoms. The van der Waals surface area contributed by atoms with Crippen molar-refractivity contribution in [3.63, 3.8) is 0 Å². The molecule has 3 heteroatoms. The summed E-state index contributed by atoms with van der Waals surface area (Å²) in [5, 5.41) is 9.39. The van der Waals surface area contributed by atoms with Gasteiger partial charge in [-0.2, -0.15) is 0 Å². The fourth-order valence-corrected chi connectivity index (χ4v) is 1.93. The lowest BCUT2D eigenvalue weighted by Crippen LogP contribution is -2.41. The van der Waals surface area contributed by atoms with Gasteiger partial charge in [0.15, 0.2) is 0 Å². The third kappa shape index (κ3) is 2.19. The quantitative estimate of drug-likeness (QED) is 0.638. The minimum atomic E-state index is -0.354. The van der Waals surface area contributed by atoms with Crippen molar-refractivity contribution in [2.24, 2.45) is 5.73 Å². The summed E-state index contributed by atoms with van der Waals surface area (Å²) in [6, 6.07) is 1.22. The van der Waals surface area contributed by atoms with E-state index >= 15 is 0 Å². The smallest absolute Gasteiger partial charge is 0.0789 e. The summed E-state index contributed by atoms with van der Waals surface area (Å²) in [6.07, 6.45) is 2.14. The highest BCUT2D eigenvalue weighted by atomic mass is 16.3. The van der Waals surface area contributed by atoms with E-state index in [9.17, 15) is 5.11 Å². The molecular formula is C9H20N2O. The summed E-state index contributed by atoms with van der Waals surface area (Å²) in [5.41, 5.74) is 5.36. The Morgan fingerprint density at radius 2 is 1.92 bits per heavy atom. The van der Waals surface area contributed by atoms with Gasteiger partial charge in [0, 0.05) is 25.2 Å². The number of rotatable bonds is 3. The van der Waals surface area contributed by atoms with Gasteiger partial charge in [0.2, 0.25) is 0 Å². The molecule has 0 aromatic heterocycles. The van der Waals surface area contributed by atoms with E-state index in [1.807, 2.05) is 0 Å². The lowest BCUT2D eigenvalue weighted by molar-refractivity contribution is 0.0965. The number of hydrogen-bond acceptors (Lipinski definition) is 3. The highest BCUT2D eigenvalue weighted by molar-refractivity contribution is 4.83. The standard InChI is InChI=1S/C9H20N2O/c1-7-3-4-8(2)11(7)6-9(12)5-10/h7-9,12H,3-6,10H2,1-2H3/t7?,8?,9-/m1/s1. The largest absolute Gasteiger partial charge is 0.390 e. The Morgan fingerprint density at radius 3 is 2.33 bits per heavy atom. The predicted octanol–water partition coefficient (Wildman–Crippen LogP) is 0.179. The highest BCUT2D eigenvalue weighted by Gasteiger charge is 2.28. The van der Waals surface area contributed by atoms with Gasteiger partial charge in [0.05, 0.1) is 6.10 Å². The molecule has 0 radical (unpaired) electrons. The van der Waals surface area contributed by atoms with Gasteiger partial charge in [0.25, 0.3) is 0 Å². The molecule has 3 N–H and O–H groups in total. The molecular weight excluding hydrogens is 152 g/mol. The lowest BCUT2D eigenvalue weighted by Gasteiger charge is -2.27. The first kappa shape index (κ1) is 9.96. The van der Waals surface area contributed by atoms with Crippen molar-refractivity contribution in [3.05, 3.63) is 0 Å². The number of aliphatic hydroxyl groups is 1. The molecule has 2 unspecified atom stereocenters. The fraction of sp³-hybridized carbons (Fsp3) is 1.00. The third-order valence-corrected chi connectivity index (χ3v) is 2.83. The first-order chi connectivity index (χ1) is 5.65.